The molecule has 2 aromatic rings. The number of carbonyl (C=O) groups is 1. The van der Waals surface area contributed by atoms with Crippen LogP contribution >= 0.6 is 11.6 Å². The Morgan fingerprint density at radius 3 is 2.61 bits per heavy atom. The number of halogens is 1. The van der Waals surface area contributed by atoms with E-state index in [4.69, 9.17) is 22.4 Å². The summed E-state index contributed by atoms with van der Waals surface area (Å²) in [6, 6.07) is 8.54. The molecule has 0 fully saturated rings. The van der Waals surface area contributed by atoms with Crippen molar-refractivity contribution in [1.82, 2.24) is 4.98 Å². The molecule has 0 spiro atoms. The molecule has 2 rings (SSSR count). The third-order valence-electron chi connectivity index (χ3n) is 2.70. The van der Waals surface area contributed by atoms with Crippen LogP contribution in [-0.2, 0) is 0 Å². The lowest BCUT2D eigenvalue weighted by molar-refractivity contribution is 0.0690. The molecule has 3 N–H and O–H groups in total. The van der Waals surface area contributed by atoms with E-state index < -0.39 is 5.97 Å². The predicted molar refractivity (Wildman–Crippen MR) is 70.8 cm³/mol. The van der Waals surface area contributed by atoms with E-state index >= 15 is 0 Å². The van der Waals surface area contributed by atoms with Crippen LogP contribution in [-0.4, -0.2) is 16.1 Å². The van der Waals surface area contributed by atoms with Gasteiger partial charge in [0.1, 0.15) is 5.82 Å². The number of hydrogen-bond acceptors (Lipinski definition) is 3. The van der Waals surface area contributed by atoms with Crippen LogP contribution in [0.5, 0.6) is 0 Å². The summed E-state index contributed by atoms with van der Waals surface area (Å²) in [4.78, 5) is 14.6. The Morgan fingerprint density at radius 2 is 2.00 bits per heavy atom. The number of pyridine rings is 1. The molecule has 0 atom stereocenters. The third-order valence-corrected chi connectivity index (χ3v) is 3.11. The molecular formula is C13H11ClN2O2. The fourth-order valence-electron chi connectivity index (χ4n) is 1.72. The van der Waals surface area contributed by atoms with Gasteiger partial charge in [-0.2, -0.15) is 0 Å². The van der Waals surface area contributed by atoms with Gasteiger partial charge in [0.25, 0.3) is 0 Å². The van der Waals surface area contributed by atoms with Gasteiger partial charge in [0, 0.05) is 10.6 Å². The number of aromatic nitrogens is 1. The second-order valence-corrected chi connectivity index (χ2v) is 4.25. The number of aromatic carboxylic acids is 1. The van der Waals surface area contributed by atoms with Gasteiger partial charge >= 0.3 is 5.97 Å². The molecule has 18 heavy (non-hydrogen) atoms. The average Bonchev–Trinajstić information content (AvgIpc) is 2.33. The Bertz CT molecular complexity index is 626. The Balaban J connectivity index is 2.58. The highest BCUT2D eigenvalue weighted by atomic mass is 35.5. The van der Waals surface area contributed by atoms with Crippen molar-refractivity contribution in [1.29, 1.82) is 0 Å². The first kappa shape index (κ1) is 12.4. The molecule has 0 bridgehead atoms. The molecule has 1 aromatic carbocycles. The number of nitrogens with zero attached hydrogens (tertiary/aromatic N) is 1. The maximum atomic E-state index is 10.8. The molecule has 0 saturated heterocycles. The summed E-state index contributed by atoms with van der Waals surface area (Å²) < 4.78 is 0. The van der Waals surface area contributed by atoms with Crippen molar-refractivity contribution in [3.63, 3.8) is 0 Å². The molecule has 4 nitrogen and oxygen atoms in total. The molecule has 0 aliphatic carbocycles. The van der Waals surface area contributed by atoms with Crippen LogP contribution in [0.2, 0.25) is 5.02 Å². The van der Waals surface area contributed by atoms with Crippen molar-refractivity contribution < 1.29 is 9.90 Å². The van der Waals surface area contributed by atoms with Crippen molar-refractivity contribution in [3.05, 3.63) is 46.6 Å². The van der Waals surface area contributed by atoms with Crippen LogP contribution in [0.3, 0.4) is 0 Å². The summed E-state index contributed by atoms with van der Waals surface area (Å²) in [6.45, 7) is 1.88. The van der Waals surface area contributed by atoms with Crippen LogP contribution in [0.25, 0.3) is 11.1 Å². The largest absolute Gasteiger partial charge is 0.477 e. The zero-order chi connectivity index (χ0) is 13.3. The van der Waals surface area contributed by atoms with Crippen LogP contribution in [0.15, 0.2) is 30.3 Å². The molecular weight excluding hydrogens is 252 g/mol. The van der Waals surface area contributed by atoms with Gasteiger partial charge in [-0.25, -0.2) is 9.78 Å². The second-order valence-electron chi connectivity index (χ2n) is 3.85. The van der Waals surface area contributed by atoms with E-state index in [1.165, 1.54) is 6.07 Å². The van der Waals surface area contributed by atoms with Crippen molar-refractivity contribution in [2.75, 3.05) is 5.73 Å². The molecule has 1 aromatic heterocycles. The maximum Gasteiger partial charge on any atom is 0.354 e. The van der Waals surface area contributed by atoms with Gasteiger partial charge in [-0.15, -0.1) is 0 Å². The van der Waals surface area contributed by atoms with Gasteiger partial charge in [-0.3, -0.25) is 0 Å². The molecule has 0 amide bonds. The van der Waals surface area contributed by atoms with Crippen molar-refractivity contribution in [2.24, 2.45) is 0 Å². The fraction of sp³-hybridized carbons (Fsp3) is 0.0769. The van der Waals surface area contributed by atoms with Gasteiger partial charge in [0.15, 0.2) is 5.69 Å². The zero-order valence-electron chi connectivity index (χ0n) is 9.64. The first-order chi connectivity index (χ1) is 8.50. The summed E-state index contributed by atoms with van der Waals surface area (Å²) in [6.07, 6.45) is 0. The molecule has 0 aliphatic rings. The summed E-state index contributed by atoms with van der Waals surface area (Å²) in [5.74, 6) is -0.920. The topological polar surface area (TPSA) is 76.2 Å². The lowest BCUT2D eigenvalue weighted by atomic mass is 10.0. The van der Waals surface area contributed by atoms with E-state index in [2.05, 4.69) is 4.98 Å². The Morgan fingerprint density at radius 1 is 1.28 bits per heavy atom. The number of carboxylic acids is 1. The van der Waals surface area contributed by atoms with Crippen LogP contribution < -0.4 is 5.73 Å². The maximum absolute atomic E-state index is 10.8. The van der Waals surface area contributed by atoms with E-state index in [0.717, 1.165) is 11.1 Å². The van der Waals surface area contributed by atoms with Crippen molar-refractivity contribution >= 4 is 23.4 Å². The number of nitrogens with two attached hydrogens (primary N) is 1. The van der Waals surface area contributed by atoms with Crippen LogP contribution in [0.4, 0.5) is 5.82 Å². The van der Waals surface area contributed by atoms with Gasteiger partial charge in [0.05, 0.1) is 0 Å². The average molecular weight is 263 g/mol. The Kier molecular flexibility index (Phi) is 3.21. The molecule has 0 unspecified atom stereocenters. The minimum atomic E-state index is -1.10. The molecule has 92 valence electrons. The summed E-state index contributed by atoms with van der Waals surface area (Å²) >= 11 is 6.04. The number of benzene rings is 1. The number of nitrogen functional groups attached to an aromatic ring is 1. The summed E-state index contributed by atoms with van der Waals surface area (Å²) in [5.41, 5.74) is 8.14. The van der Waals surface area contributed by atoms with E-state index in [1.54, 1.807) is 12.1 Å². The Hall–Kier alpha value is -2.07. The minimum absolute atomic E-state index is 0.0732. The number of rotatable bonds is 2. The van der Waals surface area contributed by atoms with Gasteiger partial charge in [-0.05, 0) is 36.2 Å². The summed E-state index contributed by atoms with van der Waals surface area (Å²) in [7, 11) is 0. The molecule has 0 saturated carbocycles. The van der Waals surface area contributed by atoms with Crippen LogP contribution in [0, 0.1) is 6.92 Å². The highest BCUT2D eigenvalue weighted by Gasteiger charge is 2.12. The molecule has 0 radical (unpaired) electrons. The monoisotopic (exact) mass is 262 g/mol. The highest BCUT2D eigenvalue weighted by molar-refractivity contribution is 6.31. The van der Waals surface area contributed by atoms with E-state index in [1.807, 2.05) is 19.1 Å². The van der Waals surface area contributed by atoms with E-state index in [0.29, 0.717) is 10.6 Å². The Labute approximate surface area is 109 Å². The smallest absolute Gasteiger partial charge is 0.354 e. The number of anilines is 1. The second kappa shape index (κ2) is 4.66. The highest BCUT2D eigenvalue weighted by Crippen LogP contribution is 2.31. The number of hydrogen-bond donors (Lipinski definition) is 2. The standard InChI is InChI=1S/C13H11ClN2O2/c1-7-8(3-2-4-10(7)14)9-5-6-11(13(17)18)16-12(9)15/h2-6H,1H3,(H2,15,16)(H,17,18). The normalized spacial score (nSPS) is 10.3. The quantitative estimate of drug-likeness (QED) is 0.872. The lowest BCUT2D eigenvalue weighted by Gasteiger charge is -2.10. The predicted octanol–water partition coefficient (Wildman–Crippen LogP) is 2.99. The first-order valence-corrected chi connectivity index (χ1v) is 5.64. The van der Waals surface area contributed by atoms with Crippen molar-refractivity contribution in [2.45, 2.75) is 6.92 Å². The fourth-order valence-corrected chi connectivity index (χ4v) is 1.90. The minimum Gasteiger partial charge on any atom is -0.477 e. The molecule has 5 heteroatoms. The summed E-state index contributed by atoms with van der Waals surface area (Å²) in [5, 5.41) is 9.46. The SMILES string of the molecule is Cc1c(Cl)cccc1-c1ccc(C(=O)O)nc1N. The van der Waals surface area contributed by atoms with Crippen LogP contribution in [0.1, 0.15) is 16.1 Å². The third kappa shape index (κ3) is 2.15. The van der Waals surface area contributed by atoms with Gasteiger partial charge < -0.3 is 10.8 Å². The van der Waals surface area contributed by atoms with Gasteiger partial charge in [-0.1, -0.05) is 23.7 Å². The first-order valence-electron chi connectivity index (χ1n) is 5.26. The molecule has 1 heterocycles. The van der Waals surface area contributed by atoms with E-state index in [-0.39, 0.29) is 11.5 Å². The lowest BCUT2D eigenvalue weighted by Crippen LogP contribution is -2.04. The van der Waals surface area contributed by atoms with E-state index in [9.17, 15) is 4.79 Å². The van der Waals surface area contributed by atoms with Gasteiger partial charge in [0.2, 0.25) is 0 Å². The van der Waals surface area contributed by atoms with Crippen molar-refractivity contribution in [3.8, 4) is 11.1 Å². The zero-order valence-corrected chi connectivity index (χ0v) is 10.4. The number of carboxylic acid groups (broad SMARTS) is 1. The molecule has 0 aliphatic heterocycles.